The van der Waals surface area contributed by atoms with E-state index in [4.69, 9.17) is 5.26 Å². The summed E-state index contributed by atoms with van der Waals surface area (Å²) in [7, 11) is 0. The van der Waals surface area contributed by atoms with Gasteiger partial charge in [-0.2, -0.15) is 5.26 Å². The largest absolute Gasteiger partial charge is 0.314 e. The van der Waals surface area contributed by atoms with Crippen LogP contribution in [0.4, 0.5) is 8.78 Å². The molecule has 1 heterocycles. The van der Waals surface area contributed by atoms with Crippen LogP contribution in [0.15, 0.2) is 18.2 Å². The van der Waals surface area contributed by atoms with Gasteiger partial charge in [-0.3, -0.25) is 4.90 Å². The fourth-order valence-electron chi connectivity index (χ4n) is 2.32. The van der Waals surface area contributed by atoms with E-state index in [-0.39, 0.29) is 12.0 Å². The molecule has 1 N–H and O–H groups in total. The summed E-state index contributed by atoms with van der Waals surface area (Å²) in [5, 5.41) is 12.1. The summed E-state index contributed by atoms with van der Waals surface area (Å²) in [5.41, 5.74) is 0.0148. The molecule has 5 heteroatoms. The zero-order valence-corrected chi connectivity index (χ0v) is 10.00. The SMILES string of the molecule is N#CC[C@H](c1c(F)cccc1F)N1CCNCC1. The predicted molar refractivity (Wildman–Crippen MR) is 63.8 cm³/mol. The lowest BCUT2D eigenvalue weighted by atomic mass is 10.0. The minimum absolute atomic E-state index is 0.0148. The van der Waals surface area contributed by atoms with Crippen molar-refractivity contribution < 1.29 is 8.78 Å². The Labute approximate surface area is 105 Å². The summed E-state index contributed by atoms with van der Waals surface area (Å²) in [6, 6.07) is 5.35. The Morgan fingerprint density at radius 2 is 1.89 bits per heavy atom. The summed E-state index contributed by atoms with van der Waals surface area (Å²) in [6.45, 7) is 2.94. The second-order valence-corrected chi connectivity index (χ2v) is 4.30. The van der Waals surface area contributed by atoms with Crippen LogP contribution in [-0.4, -0.2) is 31.1 Å². The molecule has 0 spiro atoms. The molecule has 0 saturated carbocycles. The van der Waals surface area contributed by atoms with Crippen molar-refractivity contribution in [1.82, 2.24) is 10.2 Å². The lowest BCUT2D eigenvalue weighted by molar-refractivity contribution is 0.169. The van der Waals surface area contributed by atoms with Gasteiger partial charge in [0.1, 0.15) is 11.6 Å². The van der Waals surface area contributed by atoms with Gasteiger partial charge in [-0.15, -0.1) is 0 Å². The molecule has 1 aromatic carbocycles. The highest BCUT2D eigenvalue weighted by Crippen LogP contribution is 2.28. The zero-order chi connectivity index (χ0) is 13.0. The summed E-state index contributed by atoms with van der Waals surface area (Å²) < 4.78 is 27.6. The Bertz CT molecular complexity index is 430. The first kappa shape index (κ1) is 12.9. The van der Waals surface area contributed by atoms with E-state index in [0.29, 0.717) is 13.1 Å². The maximum Gasteiger partial charge on any atom is 0.130 e. The van der Waals surface area contributed by atoms with E-state index < -0.39 is 17.7 Å². The Kier molecular flexibility index (Phi) is 4.24. The van der Waals surface area contributed by atoms with Crippen LogP contribution in [0.2, 0.25) is 0 Å². The third kappa shape index (κ3) is 2.66. The van der Waals surface area contributed by atoms with Gasteiger partial charge in [-0.05, 0) is 12.1 Å². The number of hydrogen-bond acceptors (Lipinski definition) is 3. The molecule has 96 valence electrons. The topological polar surface area (TPSA) is 39.1 Å². The van der Waals surface area contributed by atoms with Crippen LogP contribution in [0, 0.1) is 23.0 Å². The van der Waals surface area contributed by atoms with Crippen molar-refractivity contribution in [3.8, 4) is 6.07 Å². The molecule has 1 aliphatic rings. The molecule has 3 nitrogen and oxygen atoms in total. The fourth-order valence-corrected chi connectivity index (χ4v) is 2.32. The van der Waals surface area contributed by atoms with Crippen molar-refractivity contribution in [3.63, 3.8) is 0 Å². The normalized spacial score (nSPS) is 18.3. The maximum atomic E-state index is 13.8. The lowest BCUT2D eigenvalue weighted by Crippen LogP contribution is -2.45. The van der Waals surface area contributed by atoms with Crippen molar-refractivity contribution in [2.75, 3.05) is 26.2 Å². The molecule has 0 bridgehead atoms. The Morgan fingerprint density at radius 1 is 1.28 bits per heavy atom. The highest BCUT2D eigenvalue weighted by atomic mass is 19.1. The first-order valence-corrected chi connectivity index (χ1v) is 5.99. The van der Waals surface area contributed by atoms with Gasteiger partial charge in [0.15, 0.2) is 0 Å². The Morgan fingerprint density at radius 3 is 2.44 bits per heavy atom. The first-order chi connectivity index (χ1) is 8.74. The van der Waals surface area contributed by atoms with E-state index in [9.17, 15) is 8.78 Å². The molecule has 1 aromatic rings. The molecule has 2 rings (SSSR count). The highest BCUT2D eigenvalue weighted by molar-refractivity contribution is 5.24. The Balaban J connectivity index is 2.31. The molecule has 0 unspecified atom stereocenters. The number of benzene rings is 1. The number of nitrogens with zero attached hydrogens (tertiary/aromatic N) is 2. The number of hydrogen-bond donors (Lipinski definition) is 1. The van der Waals surface area contributed by atoms with Gasteiger partial charge in [-0.25, -0.2) is 8.78 Å². The van der Waals surface area contributed by atoms with Gasteiger partial charge in [0.05, 0.1) is 18.5 Å². The van der Waals surface area contributed by atoms with E-state index in [0.717, 1.165) is 13.1 Å². The molecule has 0 aliphatic carbocycles. The van der Waals surface area contributed by atoms with Gasteiger partial charge in [0.2, 0.25) is 0 Å². The second-order valence-electron chi connectivity index (χ2n) is 4.30. The van der Waals surface area contributed by atoms with Crippen LogP contribution >= 0.6 is 0 Å². The molecule has 1 saturated heterocycles. The molecule has 1 aliphatic heterocycles. The van der Waals surface area contributed by atoms with Crippen molar-refractivity contribution in [2.24, 2.45) is 0 Å². The number of piperazine rings is 1. The monoisotopic (exact) mass is 251 g/mol. The van der Waals surface area contributed by atoms with E-state index in [2.05, 4.69) is 5.32 Å². The summed E-state index contributed by atoms with van der Waals surface area (Å²) in [5.74, 6) is -1.15. The molecule has 1 atom stereocenters. The van der Waals surface area contributed by atoms with Crippen LogP contribution in [-0.2, 0) is 0 Å². The highest BCUT2D eigenvalue weighted by Gasteiger charge is 2.26. The molecular formula is C13H15F2N3. The van der Waals surface area contributed by atoms with Gasteiger partial charge in [0, 0.05) is 31.7 Å². The van der Waals surface area contributed by atoms with E-state index in [1.54, 1.807) is 0 Å². The summed E-state index contributed by atoms with van der Waals surface area (Å²) in [4.78, 5) is 1.96. The van der Waals surface area contributed by atoms with Crippen molar-refractivity contribution >= 4 is 0 Å². The Hall–Kier alpha value is -1.51. The van der Waals surface area contributed by atoms with Gasteiger partial charge < -0.3 is 5.32 Å². The molecule has 0 aromatic heterocycles. The summed E-state index contributed by atoms with van der Waals surface area (Å²) >= 11 is 0. The van der Waals surface area contributed by atoms with Crippen LogP contribution in [0.1, 0.15) is 18.0 Å². The lowest BCUT2D eigenvalue weighted by Gasteiger charge is -2.34. The number of rotatable bonds is 3. The van der Waals surface area contributed by atoms with Crippen molar-refractivity contribution in [2.45, 2.75) is 12.5 Å². The quantitative estimate of drug-likeness (QED) is 0.890. The van der Waals surface area contributed by atoms with E-state index in [1.807, 2.05) is 11.0 Å². The number of nitrogens with one attached hydrogen (secondary N) is 1. The minimum atomic E-state index is -0.575. The number of nitriles is 1. The average Bonchev–Trinajstić information content (AvgIpc) is 2.38. The molecule has 1 fully saturated rings. The smallest absolute Gasteiger partial charge is 0.130 e. The van der Waals surface area contributed by atoms with Crippen molar-refractivity contribution in [1.29, 1.82) is 5.26 Å². The molecular weight excluding hydrogens is 236 g/mol. The average molecular weight is 251 g/mol. The van der Waals surface area contributed by atoms with Gasteiger partial charge in [0.25, 0.3) is 0 Å². The third-order valence-corrected chi connectivity index (χ3v) is 3.21. The molecule has 0 amide bonds. The van der Waals surface area contributed by atoms with Crippen LogP contribution in [0.25, 0.3) is 0 Å². The number of halogens is 2. The van der Waals surface area contributed by atoms with Crippen LogP contribution in [0.5, 0.6) is 0 Å². The van der Waals surface area contributed by atoms with E-state index in [1.165, 1.54) is 18.2 Å². The van der Waals surface area contributed by atoms with Crippen LogP contribution in [0.3, 0.4) is 0 Å². The zero-order valence-electron chi connectivity index (χ0n) is 10.00. The van der Waals surface area contributed by atoms with Crippen LogP contribution < -0.4 is 5.32 Å². The molecule has 18 heavy (non-hydrogen) atoms. The van der Waals surface area contributed by atoms with Gasteiger partial charge >= 0.3 is 0 Å². The van der Waals surface area contributed by atoms with E-state index >= 15 is 0 Å². The second kappa shape index (κ2) is 5.89. The standard InChI is InChI=1S/C13H15F2N3/c14-10-2-1-3-11(15)13(10)12(4-5-16)18-8-6-17-7-9-18/h1-3,12,17H,4,6-9H2/t12-/m1/s1. The summed E-state index contributed by atoms with van der Waals surface area (Å²) in [6.07, 6.45) is 0.0951. The minimum Gasteiger partial charge on any atom is -0.314 e. The third-order valence-electron chi connectivity index (χ3n) is 3.21. The van der Waals surface area contributed by atoms with Crippen molar-refractivity contribution in [3.05, 3.63) is 35.4 Å². The predicted octanol–water partition coefficient (Wildman–Crippen LogP) is 1.82. The van der Waals surface area contributed by atoms with Gasteiger partial charge in [-0.1, -0.05) is 6.07 Å². The first-order valence-electron chi connectivity index (χ1n) is 5.99. The molecule has 0 radical (unpaired) electrons. The fraction of sp³-hybridized carbons (Fsp3) is 0.462. The maximum absolute atomic E-state index is 13.8.